The van der Waals surface area contributed by atoms with Crippen molar-refractivity contribution in [2.75, 3.05) is 26.8 Å². The molecule has 1 aromatic carbocycles. The van der Waals surface area contributed by atoms with Gasteiger partial charge in [-0.1, -0.05) is 37.5 Å². The Morgan fingerprint density at radius 1 is 1.21 bits per heavy atom. The number of methoxy groups -OCH3 is 1. The maximum atomic E-state index is 12.3. The quantitative estimate of drug-likeness (QED) is 0.535. The van der Waals surface area contributed by atoms with Gasteiger partial charge in [0, 0.05) is 30.8 Å². The number of allylic oxidation sites excluding steroid dienone is 2. The van der Waals surface area contributed by atoms with Crippen LogP contribution < -0.4 is 0 Å². The lowest BCUT2D eigenvalue weighted by atomic mass is 10.0. The summed E-state index contributed by atoms with van der Waals surface area (Å²) in [5.41, 5.74) is 2.34. The van der Waals surface area contributed by atoms with Gasteiger partial charge in [0.2, 0.25) is 0 Å². The van der Waals surface area contributed by atoms with Crippen molar-refractivity contribution in [2.24, 2.45) is 0 Å². The number of benzene rings is 1. The molecular formula is C23H26N2O4. The van der Waals surface area contributed by atoms with Gasteiger partial charge >= 0.3 is 12.1 Å². The summed E-state index contributed by atoms with van der Waals surface area (Å²) in [5, 5.41) is 1.07. The van der Waals surface area contributed by atoms with Gasteiger partial charge in [0.05, 0.1) is 12.7 Å². The van der Waals surface area contributed by atoms with E-state index in [9.17, 15) is 9.59 Å². The minimum atomic E-state index is -0.346. The number of esters is 1. The Balaban J connectivity index is 1.64. The molecule has 0 aliphatic carbocycles. The van der Waals surface area contributed by atoms with Crippen molar-refractivity contribution in [1.29, 1.82) is 0 Å². The van der Waals surface area contributed by atoms with Crippen molar-refractivity contribution in [1.82, 2.24) is 9.47 Å². The van der Waals surface area contributed by atoms with E-state index in [1.807, 2.05) is 24.4 Å². The molecule has 1 amide bonds. The van der Waals surface area contributed by atoms with Gasteiger partial charge in [-0.15, -0.1) is 0 Å². The molecule has 1 aliphatic heterocycles. The van der Waals surface area contributed by atoms with Crippen LogP contribution in [-0.2, 0) is 9.47 Å². The Morgan fingerprint density at radius 2 is 1.97 bits per heavy atom. The highest BCUT2D eigenvalue weighted by molar-refractivity contribution is 5.94. The van der Waals surface area contributed by atoms with Gasteiger partial charge in [-0.2, -0.15) is 0 Å². The molecule has 0 bridgehead atoms. The largest absolute Gasteiger partial charge is 0.465 e. The van der Waals surface area contributed by atoms with E-state index in [0.29, 0.717) is 18.7 Å². The van der Waals surface area contributed by atoms with Gasteiger partial charge in [0.25, 0.3) is 0 Å². The standard InChI is InChI=1S/C23H26N2O4/c1-4-6-17(5-2)16-29-23(27)24-12-10-20(11-13-24)25-14-9-18-7-8-19(15-21(18)25)22(26)28-3/h4-9,14-15,20H,1-2,10-13,16H2,3H3/b17-6+. The molecule has 1 saturated heterocycles. The average Bonchev–Trinajstić information content (AvgIpc) is 3.19. The highest BCUT2D eigenvalue weighted by Crippen LogP contribution is 2.29. The van der Waals surface area contributed by atoms with Gasteiger partial charge in [-0.25, -0.2) is 9.59 Å². The number of hydrogen-bond acceptors (Lipinski definition) is 4. The van der Waals surface area contributed by atoms with E-state index in [1.165, 1.54) is 7.11 Å². The van der Waals surface area contributed by atoms with E-state index in [2.05, 4.69) is 17.7 Å². The smallest absolute Gasteiger partial charge is 0.410 e. The van der Waals surface area contributed by atoms with E-state index in [-0.39, 0.29) is 24.7 Å². The van der Waals surface area contributed by atoms with E-state index in [0.717, 1.165) is 29.3 Å². The highest BCUT2D eigenvalue weighted by Gasteiger charge is 2.25. The Hall–Kier alpha value is -3.28. The monoisotopic (exact) mass is 394 g/mol. The molecule has 0 N–H and O–H groups in total. The van der Waals surface area contributed by atoms with Crippen LogP contribution in [0.1, 0.15) is 29.2 Å². The van der Waals surface area contributed by atoms with Gasteiger partial charge in [0.1, 0.15) is 6.61 Å². The first-order valence-electron chi connectivity index (χ1n) is 9.62. The fourth-order valence-electron chi connectivity index (χ4n) is 3.60. The zero-order valence-electron chi connectivity index (χ0n) is 16.7. The predicted molar refractivity (Wildman–Crippen MR) is 113 cm³/mol. The van der Waals surface area contributed by atoms with Crippen molar-refractivity contribution in [2.45, 2.75) is 18.9 Å². The van der Waals surface area contributed by atoms with Crippen LogP contribution in [0.15, 0.2) is 67.4 Å². The first-order chi connectivity index (χ1) is 14.1. The van der Waals surface area contributed by atoms with Crippen LogP contribution >= 0.6 is 0 Å². The van der Waals surface area contributed by atoms with Gasteiger partial charge in [0.15, 0.2) is 0 Å². The molecular weight excluding hydrogens is 368 g/mol. The van der Waals surface area contributed by atoms with Crippen molar-refractivity contribution in [3.05, 3.63) is 73.0 Å². The second kappa shape index (κ2) is 9.28. The van der Waals surface area contributed by atoms with E-state index >= 15 is 0 Å². The molecule has 0 radical (unpaired) electrons. The minimum Gasteiger partial charge on any atom is -0.465 e. The fraction of sp³-hybridized carbons (Fsp3) is 0.304. The van der Waals surface area contributed by atoms with Crippen LogP contribution in [0.5, 0.6) is 0 Å². The van der Waals surface area contributed by atoms with Gasteiger partial charge in [-0.3, -0.25) is 0 Å². The molecule has 0 atom stereocenters. The number of rotatable bonds is 6. The Kier molecular flexibility index (Phi) is 6.54. The lowest BCUT2D eigenvalue weighted by Crippen LogP contribution is -2.39. The number of ether oxygens (including phenoxy) is 2. The highest BCUT2D eigenvalue weighted by atomic mass is 16.6. The fourth-order valence-corrected chi connectivity index (χ4v) is 3.60. The average molecular weight is 394 g/mol. The minimum absolute atomic E-state index is 0.187. The first-order valence-corrected chi connectivity index (χ1v) is 9.62. The van der Waals surface area contributed by atoms with Crippen molar-refractivity contribution in [3.8, 4) is 0 Å². The number of hydrogen-bond donors (Lipinski definition) is 0. The van der Waals surface area contributed by atoms with Crippen LogP contribution in [0.3, 0.4) is 0 Å². The zero-order chi connectivity index (χ0) is 20.8. The SMILES string of the molecule is C=C/C=C(\C=C)COC(=O)N1CCC(n2ccc3ccc(C(=O)OC)cc32)CC1. The van der Waals surface area contributed by atoms with Crippen LogP contribution in [0, 0.1) is 0 Å². The number of carbonyl (C=O) groups is 2. The van der Waals surface area contributed by atoms with Crippen LogP contribution in [0.4, 0.5) is 4.79 Å². The van der Waals surface area contributed by atoms with Crippen LogP contribution in [-0.4, -0.2) is 48.3 Å². The number of fused-ring (bicyclic) bond motifs is 1. The maximum absolute atomic E-state index is 12.3. The lowest BCUT2D eigenvalue weighted by Gasteiger charge is -2.32. The third-order valence-corrected chi connectivity index (χ3v) is 5.22. The maximum Gasteiger partial charge on any atom is 0.410 e. The second-order valence-electron chi connectivity index (χ2n) is 6.94. The molecule has 2 heterocycles. The Labute approximate surface area is 170 Å². The zero-order valence-corrected chi connectivity index (χ0v) is 16.7. The van der Waals surface area contributed by atoms with Crippen LogP contribution in [0.2, 0.25) is 0 Å². The number of carbonyl (C=O) groups excluding carboxylic acids is 2. The molecule has 1 fully saturated rings. The molecule has 152 valence electrons. The summed E-state index contributed by atoms with van der Waals surface area (Å²) in [4.78, 5) is 25.9. The Morgan fingerprint density at radius 3 is 2.62 bits per heavy atom. The molecule has 3 rings (SSSR count). The number of likely N-dealkylation sites (tertiary alicyclic amines) is 1. The lowest BCUT2D eigenvalue weighted by molar-refractivity contribution is 0.0600. The third-order valence-electron chi connectivity index (χ3n) is 5.22. The molecule has 29 heavy (non-hydrogen) atoms. The molecule has 0 spiro atoms. The molecule has 0 unspecified atom stereocenters. The van der Waals surface area contributed by atoms with Crippen molar-refractivity contribution in [3.63, 3.8) is 0 Å². The summed E-state index contributed by atoms with van der Waals surface area (Å²) >= 11 is 0. The molecule has 1 aliphatic rings. The van der Waals surface area contributed by atoms with E-state index in [4.69, 9.17) is 9.47 Å². The summed E-state index contributed by atoms with van der Waals surface area (Å²) < 4.78 is 12.4. The second-order valence-corrected chi connectivity index (χ2v) is 6.94. The van der Waals surface area contributed by atoms with E-state index < -0.39 is 0 Å². The number of nitrogens with zero attached hydrogens (tertiary/aromatic N) is 2. The molecule has 6 nitrogen and oxygen atoms in total. The Bertz CT molecular complexity index is 949. The van der Waals surface area contributed by atoms with Gasteiger partial charge in [-0.05, 0) is 42.0 Å². The molecule has 2 aromatic rings. The number of amides is 1. The first kappa shape index (κ1) is 20.5. The van der Waals surface area contributed by atoms with Gasteiger partial charge < -0.3 is 18.9 Å². The number of piperidine rings is 1. The topological polar surface area (TPSA) is 60.8 Å². The van der Waals surface area contributed by atoms with E-state index in [1.54, 1.807) is 29.2 Å². The summed E-state index contributed by atoms with van der Waals surface area (Å²) in [6, 6.07) is 7.87. The predicted octanol–water partition coefficient (Wildman–Crippen LogP) is 4.50. The molecule has 0 saturated carbocycles. The summed E-state index contributed by atoms with van der Waals surface area (Å²) in [7, 11) is 1.38. The normalized spacial score (nSPS) is 15.2. The van der Waals surface area contributed by atoms with Crippen molar-refractivity contribution >= 4 is 23.0 Å². The third kappa shape index (κ3) is 4.59. The summed E-state index contributed by atoms with van der Waals surface area (Å²) in [5.74, 6) is -0.346. The summed E-state index contributed by atoms with van der Waals surface area (Å²) in [6.07, 6.45) is 8.43. The summed E-state index contributed by atoms with van der Waals surface area (Å²) in [6.45, 7) is 8.77. The molecule has 6 heteroatoms. The van der Waals surface area contributed by atoms with Crippen LogP contribution in [0.25, 0.3) is 10.9 Å². The number of aromatic nitrogens is 1. The molecule has 1 aromatic heterocycles. The van der Waals surface area contributed by atoms with Crippen molar-refractivity contribution < 1.29 is 19.1 Å².